The molecule has 1 rings (SSSR count). The van der Waals surface area contributed by atoms with Crippen LogP contribution in [0.1, 0.15) is 29.8 Å². The molecule has 78 valence electrons. The Balaban J connectivity index is 0.000000791. The first kappa shape index (κ1) is 12.5. The zero-order valence-electron chi connectivity index (χ0n) is 9.22. The molecule has 0 unspecified atom stereocenters. The summed E-state index contributed by atoms with van der Waals surface area (Å²) >= 11 is 0. The number of rotatable bonds is 1. The second kappa shape index (κ2) is 6.02. The maximum atomic E-state index is 11.2. The van der Waals surface area contributed by atoms with Gasteiger partial charge in [-0.2, -0.15) is 0 Å². The largest absolute Gasteiger partial charge is 0.399 e. The fourth-order valence-corrected chi connectivity index (χ4v) is 1.09. The lowest BCUT2D eigenvalue weighted by atomic mass is 10.1. The third kappa shape index (κ3) is 3.47. The number of benzene rings is 1. The molecule has 0 aliphatic heterocycles. The van der Waals surface area contributed by atoms with Crippen LogP contribution < -0.4 is 11.1 Å². The number of anilines is 1. The number of aryl methyl sites for hydroxylation is 1. The average Bonchev–Trinajstić information content (AvgIpc) is 2.18. The summed E-state index contributed by atoms with van der Waals surface area (Å²) in [5.41, 5.74) is 7.79. The minimum Gasteiger partial charge on any atom is -0.399 e. The van der Waals surface area contributed by atoms with Crippen LogP contribution in [0.5, 0.6) is 0 Å². The number of hydrogen-bond donors (Lipinski definition) is 2. The van der Waals surface area contributed by atoms with Gasteiger partial charge in [0.1, 0.15) is 0 Å². The van der Waals surface area contributed by atoms with Crippen LogP contribution in [0.25, 0.3) is 0 Å². The van der Waals surface area contributed by atoms with Crippen molar-refractivity contribution in [3.63, 3.8) is 0 Å². The predicted octanol–water partition coefficient (Wildman–Crippen LogP) is 1.96. The standard InChI is InChI=1S/C9H12N2O.C2H6/c1-6-3-7(9(12)11-2)5-8(10)4-6;1-2/h3-5H,10H2,1-2H3,(H,11,12);1-2H3. The van der Waals surface area contributed by atoms with E-state index in [1.54, 1.807) is 19.2 Å². The molecule has 0 bridgehead atoms. The molecule has 3 nitrogen and oxygen atoms in total. The lowest BCUT2D eigenvalue weighted by molar-refractivity contribution is 0.0963. The first-order valence-electron chi connectivity index (χ1n) is 4.72. The van der Waals surface area contributed by atoms with Crippen molar-refractivity contribution in [3.8, 4) is 0 Å². The third-order valence-electron chi connectivity index (χ3n) is 1.59. The molecule has 0 saturated carbocycles. The number of nitrogen functional groups attached to an aromatic ring is 1. The highest BCUT2D eigenvalue weighted by molar-refractivity contribution is 5.95. The fraction of sp³-hybridized carbons (Fsp3) is 0.364. The zero-order chi connectivity index (χ0) is 11.1. The van der Waals surface area contributed by atoms with Gasteiger partial charge in [-0.25, -0.2) is 0 Å². The predicted molar refractivity (Wildman–Crippen MR) is 60.3 cm³/mol. The van der Waals surface area contributed by atoms with Gasteiger partial charge in [-0.05, 0) is 30.7 Å². The van der Waals surface area contributed by atoms with Crippen molar-refractivity contribution >= 4 is 11.6 Å². The van der Waals surface area contributed by atoms with Crippen molar-refractivity contribution < 1.29 is 4.79 Å². The highest BCUT2D eigenvalue weighted by atomic mass is 16.1. The first-order valence-corrected chi connectivity index (χ1v) is 4.72. The van der Waals surface area contributed by atoms with E-state index in [-0.39, 0.29) is 5.91 Å². The van der Waals surface area contributed by atoms with Crippen LogP contribution in [0.3, 0.4) is 0 Å². The van der Waals surface area contributed by atoms with Crippen LogP contribution in [0.2, 0.25) is 0 Å². The van der Waals surface area contributed by atoms with Gasteiger partial charge in [-0.15, -0.1) is 0 Å². The van der Waals surface area contributed by atoms with Crippen LogP contribution in [0.4, 0.5) is 5.69 Å². The SMILES string of the molecule is CC.CNC(=O)c1cc(C)cc(N)c1. The average molecular weight is 194 g/mol. The zero-order valence-corrected chi connectivity index (χ0v) is 9.22. The molecule has 0 aliphatic carbocycles. The lowest BCUT2D eigenvalue weighted by Gasteiger charge is -2.02. The van der Waals surface area contributed by atoms with Crippen LogP contribution in [-0.4, -0.2) is 13.0 Å². The molecule has 0 saturated heterocycles. The molecule has 14 heavy (non-hydrogen) atoms. The molecule has 1 aromatic carbocycles. The number of nitrogens with one attached hydrogen (secondary N) is 1. The second-order valence-electron chi connectivity index (χ2n) is 2.71. The molecule has 0 spiro atoms. The fourth-order valence-electron chi connectivity index (χ4n) is 1.09. The van der Waals surface area contributed by atoms with Gasteiger partial charge in [0, 0.05) is 18.3 Å². The summed E-state index contributed by atoms with van der Waals surface area (Å²) in [6.45, 7) is 5.91. The number of hydrogen-bond acceptors (Lipinski definition) is 2. The molecule has 1 aromatic rings. The molecule has 0 heterocycles. The van der Waals surface area contributed by atoms with E-state index in [1.165, 1.54) is 0 Å². The maximum absolute atomic E-state index is 11.2. The Kier molecular flexibility index (Phi) is 5.37. The van der Waals surface area contributed by atoms with E-state index in [0.29, 0.717) is 11.3 Å². The van der Waals surface area contributed by atoms with Gasteiger partial charge in [0.05, 0.1) is 0 Å². The molecule has 1 amide bonds. The van der Waals surface area contributed by atoms with Gasteiger partial charge in [0.15, 0.2) is 0 Å². The molecule has 0 aromatic heterocycles. The van der Waals surface area contributed by atoms with Crippen LogP contribution in [0, 0.1) is 6.92 Å². The van der Waals surface area contributed by atoms with Gasteiger partial charge < -0.3 is 11.1 Å². The monoisotopic (exact) mass is 194 g/mol. The van der Waals surface area contributed by atoms with E-state index in [9.17, 15) is 4.79 Å². The van der Waals surface area contributed by atoms with Gasteiger partial charge in [0.2, 0.25) is 0 Å². The van der Waals surface area contributed by atoms with Crippen molar-refractivity contribution in [2.45, 2.75) is 20.8 Å². The Morgan fingerprint density at radius 3 is 2.29 bits per heavy atom. The van der Waals surface area contributed by atoms with E-state index < -0.39 is 0 Å². The molecule has 0 radical (unpaired) electrons. The second-order valence-corrected chi connectivity index (χ2v) is 2.71. The Morgan fingerprint density at radius 1 is 1.29 bits per heavy atom. The minimum atomic E-state index is -0.106. The van der Waals surface area contributed by atoms with Gasteiger partial charge in [-0.3, -0.25) is 4.79 Å². The smallest absolute Gasteiger partial charge is 0.251 e. The molecule has 0 aliphatic rings. The quantitative estimate of drug-likeness (QED) is 0.671. The summed E-state index contributed by atoms with van der Waals surface area (Å²) in [6, 6.07) is 5.29. The normalized spacial score (nSPS) is 8.57. The van der Waals surface area contributed by atoms with Crippen LogP contribution in [-0.2, 0) is 0 Å². The molecule has 0 atom stereocenters. The number of amides is 1. The number of nitrogens with two attached hydrogens (primary N) is 1. The number of carbonyl (C=O) groups excluding carboxylic acids is 1. The minimum absolute atomic E-state index is 0.106. The van der Waals surface area contributed by atoms with Crippen molar-refractivity contribution in [2.75, 3.05) is 12.8 Å². The van der Waals surface area contributed by atoms with E-state index >= 15 is 0 Å². The summed E-state index contributed by atoms with van der Waals surface area (Å²) < 4.78 is 0. The van der Waals surface area contributed by atoms with Crippen LogP contribution in [0.15, 0.2) is 18.2 Å². The summed E-state index contributed by atoms with van der Waals surface area (Å²) in [7, 11) is 1.60. The third-order valence-corrected chi connectivity index (χ3v) is 1.59. The summed E-state index contributed by atoms with van der Waals surface area (Å²) in [5, 5.41) is 2.54. The van der Waals surface area contributed by atoms with Crippen LogP contribution >= 0.6 is 0 Å². The van der Waals surface area contributed by atoms with E-state index in [0.717, 1.165) is 5.56 Å². The van der Waals surface area contributed by atoms with Crippen molar-refractivity contribution in [1.29, 1.82) is 0 Å². The highest BCUT2D eigenvalue weighted by Crippen LogP contribution is 2.10. The topological polar surface area (TPSA) is 55.1 Å². The Labute approximate surface area is 85.3 Å². The first-order chi connectivity index (χ1) is 6.63. The van der Waals surface area contributed by atoms with E-state index in [2.05, 4.69) is 5.32 Å². The number of carbonyl (C=O) groups is 1. The molecular weight excluding hydrogens is 176 g/mol. The summed E-state index contributed by atoms with van der Waals surface area (Å²) in [6.07, 6.45) is 0. The van der Waals surface area contributed by atoms with E-state index in [4.69, 9.17) is 5.73 Å². The molecular formula is C11H18N2O. The summed E-state index contributed by atoms with van der Waals surface area (Å²) in [5.74, 6) is -0.106. The van der Waals surface area contributed by atoms with Gasteiger partial charge in [-0.1, -0.05) is 13.8 Å². The summed E-state index contributed by atoms with van der Waals surface area (Å²) in [4.78, 5) is 11.2. The van der Waals surface area contributed by atoms with Crippen molar-refractivity contribution in [2.24, 2.45) is 0 Å². The Hall–Kier alpha value is -1.51. The van der Waals surface area contributed by atoms with Crippen molar-refractivity contribution in [3.05, 3.63) is 29.3 Å². The Bertz CT molecular complexity index is 288. The lowest BCUT2D eigenvalue weighted by Crippen LogP contribution is -2.17. The van der Waals surface area contributed by atoms with Crippen molar-refractivity contribution in [1.82, 2.24) is 5.32 Å². The molecule has 3 N–H and O–H groups in total. The maximum Gasteiger partial charge on any atom is 0.251 e. The highest BCUT2D eigenvalue weighted by Gasteiger charge is 2.03. The molecule has 0 fully saturated rings. The van der Waals surface area contributed by atoms with Gasteiger partial charge in [0.25, 0.3) is 5.91 Å². The van der Waals surface area contributed by atoms with E-state index in [1.807, 2.05) is 26.8 Å². The van der Waals surface area contributed by atoms with Gasteiger partial charge >= 0.3 is 0 Å². The Morgan fingerprint density at radius 2 is 1.86 bits per heavy atom. The molecule has 3 heteroatoms.